The number of hydrogen-bond acceptors (Lipinski definition) is 5. The molecule has 32 heavy (non-hydrogen) atoms. The van der Waals surface area contributed by atoms with Gasteiger partial charge in [0.25, 0.3) is 0 Å². The molecule has 0 bridgehead atoms. The number of benzene rings is 3. The smallest absolute Gasteiger partial charge is 0.319 e. The zero-order valence-corrected chi connectivity index (χ0v) is 18.2. The Labute approximate surface area is 190 Å². The zero-order valence-electron chi connectivity index (χ0n) is 16.7. The van der Waals surface area contributed by atoms with Crippen molar-refractivity contribution in [1.82, 2.24) is 10.3 Å². The van der Waals surface area contributed by atoms with Gasteiger partial charge in [-0.25, -0.2) is 13.2 Å². The van der Waals surface area contributed by atoms with Crippen molar-refractivity contribution < 1.29 is 17.5 Å². The van der Waals surface area contributed by atoms with Crippen LogP contribution in [0.15, 0.2) is 95.0 Å². The van der Waals surface area contributed by atoms with E-state index >= 15 is 0 Å². The standard InChI is InChI=1S/C23H18ClN3O4S/c24-31-21-12-7-17-5-1-2-6-20(17)22(21)32(29,30)19-10-8-18(9-11-19)27-23(28)26-15-16-4-3-13-25-14-16/h1-14H,15H2,(H2,26,27,28). The lowest BCUT2D eigenvalue weighted by atomic mass is 10.1. The number of pyridine rings is 1. The quantitative estimate of drug-likeness (QED) is 0.419. The molecule has 0 unspecified atom stereocenters. The van der Waals surface area contributed by atoms with E-state index in [0.717, 1.165) is 10.9 Å². The predicted octanol–water partition coefficient (Wildman–Crippen LogP) is 4.92. The minimum absolute atomic E-state index is 0.0134. The molecule has 0 aliphatic heterocycles. The molecule has 4 aromatic rings. The van der Waals surface area contributed by atoms with Gasteiger partial charge in [0.05, 0.1) is 4.90 Å². The largest absolute Gasteiger partial charge is 0.384 e. The van der Waals surface area contributed by atoms with Crippen LogP contribution in [0.4, 0.5) is 10.5 Å². The molecule has 0 atom stereocenters. The number of sulfone groups is 1. The highest BCUT2D eigenvalue weighted by Crippen LogP contribution is 2.36. The molecule has 162 valence electrons. The SMILES string of the molecule is O=C(NCc1cccnc1)Nc1ccc(S(=O)(=O)c2c(OCl)ccc3ccccc23)cc1. The van der Waals surface area contributed by atoms with Gasteiger partial charge in [-0.2, -0.15) is 0 Å². The molecule has 0 aliphatic rings. The van der Waals surface area contributed by atoms with E-state index in [1.165, 1.54) is 30.3 Å². The fourth-order valence-corrected chi connectivity index (χ4v) is 5.01. The first-order valence-electron chi connectivity index (χ1n) is 9.58. The number of urea groups is 1. The Morgan fingerprint density at radius 1 is 0.969 bits per heavy atom. The predicted molar refractivity (Wildman–Crippen MR) is 122 cm³/mol. The van der Waals surface area contributed by atoms with E-state index in [2.05, 4.69) is 15.6 Å². The molecule has 7 nitrogen and oxygen atoms in total. The molecule has 2 amide bonds. The van der Waals surface area contributed by atoms with Gasteiger partial charge in [-0.1, -0.05) is 36.4 Å². The third-order valence-corrected chi connectivity index (χ3v) is 6.81. The van der Waals surface area contributed by atoms with E-state index in [9.17, 15) is 13.2 Å². The first kappa shape index (κ1) is 21.6. The van der Waals surface area contributed by atoms with Crippen LogP contribution in [-0.2, 0) is 16.4 Å². The van der Waals surface area contributed by atoms with Crippen LogP contribution in [0.2, 0.25) is 0 Å². The van der Waals surface area contributed by atoms with Crippen molar-refractivity contribution in [2.45, 2.75) is 16.3 Å². The van der Waals surface area contributed by atoms with E-state index in [1.54, 1.807) is 36.7 Å². The number of halogens is 1. The highest BCUT2D eigenvalue weighted by atomic mass is 35.5. The Morgan fingerprint density at radius 3 is 2.47 bits per heavy atom. The number of amides is 2. The van der Waals surface area contributed by atoms with Crippen LogP contribution in [0, 0.1) is 0 Å². The van der Waals surface area contributed by atoms with Crippen molar-refractivity contribution in [3.63, 3.8) is 0 Å². The molecule has 1 heterocycles. The molecule has 0 saturated carbocycles. The van der Waals surface area contributed by atoms with Crippen molar-refractivity contribution in [3.05, 3.63) is 90.8 Å². The van der Waals surface area contributed by atoms with Gasteiger partial charge in [-0.05, 0) is 47.3 Å². The Balaban J connectivity index is 1.55. The van der Waals surface area contributed by atoms with Crippen molar-refractivity contribution in [2.24, 2.45) is 0 Å². The summed E-state index contributed by atoms with van der Waals surface area (Å²) in [5.74, 6) is 0.0438. The van der Waals surface area contributed by atoms with Crippen LogP contribution < -0.4 is 14.9 Å². The average molecular weight is 468 g/mol. The molecule has 4 rings (SSSR count). The molecular formula is C23H18ClN3O4S. The summed E-state index contributed by atoms with van der Waals surface area (Å²) in [5, 5.41) is 6.63. The summed E-state index contributed by atoms with van der Waals surface area (Å²) in [7, 11) is -3.94. The van der Waals surface area contributed by atoms with Crippen LogP contribution >= 0.6 is 11.9 Å². The Hall–Kier alpha value is -3.62. The third-order valence-electron chi connectivity index (χ3n) is 4.79. The fraction of sp³-hybridized carbons (Fsp3) is 0.0435. The normalized spacial score (nSPS) is 11.2. The molecule has 0 spiro atoms. The van der Waals surface area contributed by atoms with Crippen LogP contribution in [0.3, 0.4) is 0 Å². The summed E-state index contributed by atoms with van der Waals surface area (Å²) in [5.41, 5.74) is 1.30. The lowest BCUT2D eigenvalue weighted by Gasteiger charge is -2.12. The van der Waals surface area contributed by atoms with Gasteiger partial charge in [0, 0.05) is 30.0 Å². The number of nitrogens with zero attached hydrogens (tertiary/aromatic N) is 1. The third kappa shape index (κ3) is 4.51. The highest BCUT2D eigenvalue weighted by molar-refractivity contribution is 7.91. The van der Waals surface area contributed by atoms with E-state index in [0.29, 0.717) is 17.6 Å². The average Bonchev–Trinajstić information content (AvgIpc) is 2.83. The zero-order chi connectivity index (χ0) is 22.6. The van der Waals surface area contributed by atoms with E-state index in [4.69, 9.17) is 16.2 Å². The second-order valence-electron chi connectivity index (χ2n) is 6.89. The van der Waals surface area contributed by atoms with E-state index in [1.807, 2.05) is 18.2 Å². The minimum Gasteiger partial charge on any atom is -0.384 e. The van der Waals surface area contributed by atoms with Gasteiger partial charge in [0.15, 0.2) is 5.75 Å². The van der Waals surface area contributed by atoms with E-state index < -0.39 is 15.9 Å². The molecule has 0 radical (unpaired) electrons. The lowest BCUT2D eigenvalue weighted by Crippen LogP contribution is -2.28. The van der Waals surface area contributed by atoms with Gasteiger partial charge >= 0.3 is 6.03 Å². The lowest BCUT2D eigenvalue weighted by molar-refractivity contribution is 0.251. The summed E-state index contributed by atoms with van der Waals surface area (Å²) >= 11 is 5.56. The Kier molecular flexibility index (Phi) is 6.25. The summed E-state index contributed by atoms with van der Waals surface area (Å²) in [6, 6.07) is 19.4. The van der Waals surface area contributed by atoms with Gasteiger partial charge in [0.1, 0.15) is 16.8 Å². The highest BCUT2D eigenvalue weighted by Gasteiger charge is 2.25. The van der Waals surface area contributed by atoms with Crippen LogP contribution in [0.1, 0.15) is 5.56 Å². The molecule has 2 N–H and O–H groups in total. The monoisotopic (exact) mass is 467 g/mol. The molecular weight excluding hydrogens is 450 g/mol. The van der Waals surface area contributed by atoms with Crippen LogP contribution in [-0.4, -0.2) is 19.4 Å². The van der Waals surface area contributed by atoms with Crippen molar-refractivity contribution >= 4 is 44.2 Å². The maximum atomic E-state index is 13.4. The van der Waals surface area contributed by atoms with Gasteiger partial charge < -0.3 is 14.9 Å². The number of carbonyl (C=O) groups excluding carboxylic acids is 1. The number of rotatable bonds is 6. The molecule has 9 heteroatoms. The van der Waals surface area contributed by atoms with Gasteiger partial charge in [-0.3, -0.25) is 4.98 Å². The second-order valence-corrected chi connectivity index (χ2v) is 8.93. The Bertz CT molecular complexity index is 1360. The summed E-state index contributed by atoms with van der Waals surface area (Å²) < 4.78 is 31.6. The van der Waals surface area contributed by atoms with Crippen molar-refractivity contribution in [2.75, 3.05) is 5.32 Å². The molecule has 0 saturated heterocycles. The topological polar surface area (TPSA) is 97.4 Å². The minimum atomic E-state index is -3.94. The molecule has 0 fully saturated rings. The summed E-state index contributed by atoms with van der Waals surface area (Å²) in [4.78, 5) is 16.1. The van der Waals surface area contributed by atoms with Crippen LogP contribution in [0.25, 0.3) is 10.8 Å². The van der Waals surface area contributed by atoms with Crippen molar-refractivity contribution in [3.8, 4) is 5.75 Å². The maximum Gasteiger partial charge on any atom is 0.319 e. The van der Waals surface area contributed by atoms with Gasteiger partial charge in [-0.15, -0.1) is 0 Å². The van der Waals surface area contributed by atoms with Gasteiger partial charge in [0.2, 0.25) is 9.84 Å². The molecule has 0 aliphatic carbocycles. The second kappa shape index (κ2) is 9.25. The number of hydrogen-bond donors (Lipinski definition) is 2. The number of aromatic nitrogens is 1. The number of anilines is 1. The van der Waals surface area contributed by atoms with Crippen molar-refractivity contribution in [1.29, 1.82) is 0 Å². The summed E-state index contributed by atoms with van der Waals surface area (Å²) in [6.45, 7) is 0.314. The summed E-state index contributed by atoms with van der Waals surface area (Å²) in [6.07, 6.45) is 3.31. The molecule has 1 aromatic heterocycles. The maximum absolute atomic E-state index is 13.4. The first-order valence-corrected chi connectivity index (χ1v) is 11.4. The van der Waals surface area contributed by atoms with Crippen LogP contribution in [0.5, 0.6) is 5.75 Å². The fourth-order valence-electron chi connectivity index (χ4n) is 3.26. The first-order chi connectivity index (χ1) is 15.5. The number of nitrogens with one attached hydrogen (secondary N) is 2. The number of carbonyl (C=O) groups is 1. The van der Waals surface area contributed by atoms with E-state index in [-0.39, 0.29) is 15.5 Å². The Morgan fingerprint density at radius 2 is 1.75 bits per heavy atom. The number of fused-ring (bicyclic) bond motifs is 1. The molecule has 3 aromatic carbocycles.